The number of carbonyl (C=O) groups excluding carboxylic acids is 1. The van der Waals surface area contributed by atoms with Crippen molar-refractivity contribution >= 4 is 5.91 Å². The predicted octanol–water partition coefficient (Wildman–Crippen LogP) is 4.06. The number of hydrogen-bond donors (Lipinski definition) is 1. The second-order valence-electron chi connectivity index (χ2n) is 6.10. The molecule has 0 saturated heterocycles. The van der Waals surface area contributed by atoms with Gasteiger partial charge < -0.3 is 4.90 Å². The summed E-state index contributed by atoms with van der Waals surface area (Å²) in [4.78, 5) is 13.7. The largest absolute Gasteiger partial charge is 0.342 e. The van der Waals surface area contributed by atoms with Crippen LogP contribution >= 0.6 is 0 Å². The van der Waals surface area contributed by atoms with Crippen molar-refractivity contribution < 1.29 is 13.6 Å². The van der Waals surface area contributed by atoms with Crippen LogP contribution < -0.4 is 0 Å². The standard InChI is InChI=1S/C20H19F2N3O/c1-25(20(26)17-10-9-15(21)12-18(17)22)11-5-8-16-13-19(24-23-16)14-6-3-2-4-7-14/h2-4,6-7,9-10,12-13H,5,8,11H2,1H3,(H,23,24). The molecular formula is C20H19F2N3O. The van der Waals surface area contributed by atoms with E-state index in [0.29, 0.717) is 19.4 Å². The van der Waals surface area contributed by atoms with Crippen LogP contribution in [0.3, 0.4) is 0 Å². The number of hydrogen-bond acceptors (Lipinski definition) is 2. The van der Waals surface area contributed by atoms with Crippen LogP contribution in [0.25, 0.3) is 11.3 Å². The molecule has 0 fully saturated rings. The van der Waals surface area contributed by atoms with Gasteiger partial charge in [0.2, 0.25) is 0 Å². The van der Waals surface area contributed by atoms with Crippen LogP contribution in [-0.4, -0.2) is 34.6 Å². The Labute approximate surface area is 150 Å². The van der Waals surface area contributed by atoms with Crippen LogP contribution in [0.4, 0.5) is 8.78 Å². The van der Waals surface area contributed by atoms with Crippen molar-refractivity contribution in [1.82, 2.24) is 15.1 Å². The zero-order valence-corrected chi connectivity index (χ0v) is 14.4. The third kappa shape index (κ3) is 4.14. The highest BCUT2D eigenvalue weighted by Gasteiger charge is 2.16. The number of halogens is 2. The monoisotopic (exact) mass is 355 g/mol. The summed E-state index contributed by atoms with van der Waals surface area (Å²) < 4.78 is 26.7. The van der Waals surface area contributed by atoms with E-state index >= 15 is 0 Å². The first kappa shape index (κ1) is 17.8. The molecule has 0 bridgehead atoms. The van der Waals surface area contributed by atoms with Gasteiger partial charge in [0.15, 0.2) is 0 Å². The molecule has 1 amide bonds. The molecule has 1 aromatic heterocycles. The molecular weight excluding hydrogens is 336 g/mol. The van der Waals surface area contributed by atoms with Crippen molar-refractivity contribution in [2.45, 2.75) is 12.8 Å². The van der Waals surface area contributed by atoms with Gasteiger partial charge in [0, 0.05) is 30.9 Å². The van der Waals surface area contributed by atoms with Gasteiger partial charge in [0.1, 0.15) is 11.6 Å². The van der Waals surface area contributed by atoms with E-state index in [9.17, 15) is 13.6 Å². The molecule has 0 unspecified atom stereocenters. The first-order chi connectivity index (χ1) is 12.5. The highest BCUT2D eigenvalue weighted by atomic mass is 19.1. The Balaban J connectivity index is 1.54. The highest BCUT2D eigenvalue weighted by molar-refractivity contribution is 5.94. The fraction of sp³-hybridized carbons (Fsp3) is 0.200. The van der Waals surface area contributed by atoms with Crippen molar-refractivity contribution in [3.63, 3.8) is 0 Å². The Morgan fingerprint density at radius 1 is 1.12 bits per heavy atom. The van der Waals surface area contributed by atoms with Crippen LogP contribution in [0.15, 0.2) is 54.6 Å². The number of aromatic nitrogens is 2. The van der Waals surface area contributed by atoms with Crippen molar-refractivity contribution in [2.75, 3.05) is 13.6 Å². The zero-order valence-electron chi connectivity index (χ0n) is 14.4. The van der Waals surface area contributed by atoms with Gasteiger partial charge >= 0.3 is 0 Å². The number of rotatable bonds is 6. The van der Waals surface area contributed by atoms with E-state index in [1.165, 1.54) is 11.0 Å². The molecule has 1 N–H and O–H groups in total. The van der Waals surface area contributed by atoms with Gasteiger partial charge in [0.05, 0.1) is 11.3 Å². The molecule has 3 rings (SSSR count). The number of amides is 1. The van der Waals surface area contributed by atoms with Gasteiger partial charge in [-0.3, -0.25) is 9.89 Å². The van der Waals surface area contributed by atoms with Crippen molar-refractivity contribution in [2.24, 2.45) is 0 Å². The lowest BCUT2D eigenvalue weighted by Gasteiger charge is -2.17. The van der Waals surface area contributed by atoms with Crippen LogP contribution in [0.5, 0.6) is 0 Å². The lowest BCUT2D eigenvalue weighted by Crippen LogP contribution is -2.28. The van der Waals surface area contributed by atoms with Gasteiger partial charge in [-0.2, -0.15) is 5.10 Å². The molecule has 2 aromatic carbocycles. The molecule has 4 nitrogen and oxygen atoms in total. The topological polar surface area (TPSA) is 49.0 Å². The molecule has 0 aliphatic heterocycles. The van der Waals surface area contributed by atoms with E-state index in [4.69, 9.17) is 0 Å². The first-order valence-electron chi connectivity index (χ1n) is 8.35. The maximum atomic E-state index is 13.7. The predicted molar refractivity (Wildman–Crippen MR) is 95.7 cm³/mol. The molecule has 0 aliphatic carbocycles. The van der Waals surface area contributed by atoms with E-state index in [0.717, 1.165) is 29.1 Å². The van der Waals surface area contributed by atoms with Gasteiger partial charge in [0.25, 0.3) is 5.91 Å². The van der Waals surface area contributed by atoms with Crippen molar-refractivity contribution in [3.8, 4) is 11.3 Å². The Morgan fingerprint density at radius 3 is 2.62 bits per heavy atom. The maximum absolute atomic E-state index is 13.7. The molecule has 1 heterocycles. The maximum Gasteiger partial charge on any atom is 0.256 e. The second kappa shape index (κ2) is 7.91. The molecule has 26 heavy (non-hydrogen) atoms. The van der Waals surface area contributed by atoms with Crippen LogP contribution in [0.2, 0.25) is 0 Å². The summed E-state index contributed by atoms with van der Waals surface area (Å²) in [6.45, 7) is 0.454. The van der Waals surface area contributed by atoms with Crippen LogP contribution in [-0.2, 0) is 6.42 Å². The Morgan fingerprint density at radius 2 is 1.88 bits per heavy atom. The molecule has 0 atom stereocenters. The fourth-order valence-corrected chi connectivity index (χ4v) is 2.72. The smallest absolute Gasteiger partial charge is 0.256 e. The lowest BCUT2D eigenvalue weighted by atomic mass is 10.1. The number of carbonyl (C=O) groups is 1. The average Bonchev–Trinajstić information content (AvgIpc) is 3.11. The molecule has 0 saturated carbocycles. The summed E-state index contributed by atoms with van der Waals surface area (Å²) in [7, 11) is 1.60. The normalized spacial score (nSPS) is 10.7. The van der Waals surface area contributed by atoms with Gasteiger partial charge in [-0.05, 0) is 31.0 Å². The third-order valence-electron chi connectivity index (χ3n) is 4.15. The Bertz CT molecular complexity index is 893. The van der Waals surface area contributed by atoms with Crippen molar-refractivity contribution in [1.29, 1.82) is 0 Å². The second-order valence-corrected chi connectivity index (χ2v) is 6.10. The number of H-pyrrole nitrogens is 1. The summed E-state index contributed by atoms with van der Waals surface area (Å²) in [5.74, 6) is -2.00. The van der Waals surface area contributed by atoms with E-state index in [1.54, 1.807) is 7.05 Å². The van der Waals surface area contributed by atoms with E-state index in [-0.39, 0.29) is 5.56 Å². The summed E-state index contributed by atoms with van der Waals surface area (Å²) in [5, 5.41) is 7.30. The highest BCUT2D eigenvalue weighted by Crippen LogP contribution is 2.18. The fourth-order valence-electron chi connectivity index (χ4n) is 2.72. The van der Waals surface area contributed by atoms with Gasteiger partial charge in [-0.15, -0.1) is 0 Å². The SMILES string of the molecule is CN(CCCc1cc(-c2ccccc2)n[nH]1)C(=O)c1ccc(F)cc1F. The number of nitrogens with zero attached hydrogens (tertiary/aromatic N) is 2. The van der Waals surface area contributed by atoms with Gasteiger partial charge in [-0.1, -0.05) is 30.3 Å². The summed E-state index contributed by atoms with van der Waals surface area (Å²) in [6.07, 6.45) is 1.41. The molecule has 134 valence electrons. The van der Waals surface area contributed by atoms with Crippen LogP contribution in [0, 0.1) is 11.6 Å². The summed E-state index contributed by atoms with van der Waals surface area (Å²) in [6, 6.07) is 14.8. The minimum Gasteiger partial charge on any atom is -0.342 e. The molecule has 0 aliphatic rings. The Hall–Kier alpha value is -3.02. The Kier molecular flexibility index (Phi) is 5.41. The minimum absolute atomic E-state index is 0.123. The minimum atomic E-state index is -0.845. The lowest BCUT2D eigenvalue weighted by molar-refractivity contribution is 0.0788. The third-order valence-corrected chi connectivity index (χ3v) is 4.15. The summed E-state index contributed by atoms with van der Waals surface area (Å²) in [5.41, 5.74) is 2.76. The van der Waals surface area contributed by atoms with Crippen molar-refractivity contribution in [3.05, 3.63) is 77.5 Å². The quantitative estimate of drug-likeness (QED) is 0.725. The van der Waals surface area contributed by atoms with E-state index < -0.39 is 17.5 Å². The number of aromatic amines is 1. The van der Waals surface area contributed by atoms with E-state index in [1.807, 2.05) is 36.4 Å². The number of benzene rings is 2. The first-order valence-corrected chi connectivity index (χ1v) is 8.35. The molecule has 3 aromatic rings. The zero-order chi connectivity index (χ0) is 18.5. The summed E-state index contributed by atoms with van der Waals surface area (Å²) >= 11 is 0. The average molecular weight is 355 g/mol. The van der Waals surface area contributed by atoms with Gasteiger partial charge in [-0.25, -0.2) is 8.78 Å². The molecule has 0 spiro atoms. The molecule has 6 heteroatoms. The van der Waals surface area contributed by atoms with E-state index in [2.05, 4.69) is 10.2 Å². The molecule has 0 radical (unpaired) electrons. The number of nitrogens with one attached hydrogen (secondary N) is 1. The van der Waals surface area contributed by atoms with Crippen LogP contribution in [0.1, 0.15) is 22.5 Å². The number of aryl methyl sites for hydroxylation is 1.